The molecule has 5 amide bonds. The molecule has 4 N–H and O–H groups in total. The second kappa shape index (κ2) is 21.0. The highest BCUT2D eigenvalue weighted by Gasteiger charge is 2.46. The van der Waals surface area contributed by atoms with Crippen LogP contribution in [0.2, 0.25) is 0 Å². The number of pyridine rings is 1. The van der Waals surface area contributed by atoms with E-state index in [1.54, 1.807) is 47.3 Å². The third-order valence-electron chi connectivity index (χ3n) is 11.5. The van der Waals surface area contributed by atoms with E-state index in [-0.39, 0.29) is 53.6 Å². The highest BCUT2D eigenvalue weighted by atomic mass is 19.3. The van der Waals surface area contributed by atoms with Crippen LogP contribution >= 0.6 is 0 Å². The Hall–Kier alpha value is -7.76. The minimum atomic E-state index is -2.95. The molecule has 6 heterocycles. The van der Waals surface area contributed by atoms with Gasteiger partial charge in [-0.15, -0.1) is 5.10 Å². The summed E-state index contributed by atoms with van der Waals surface area (Å²) >= 11 is 0. The van der Waals surface area contributed by atoms with E-state index in [0.29, 0.717) is 74.7 Å². The molecule has 2 aromatic carbocycles. The number of nitrogens with one attached hydrogen (secondary N) is 4. The zero-order chi connectivity index (χ0) is 47.9. The van der Waals surface area contributed by atoms with Gasteiger partial charge < -0.3 is 34.6 Å². The number of halogens is 2. The number of piperidine rings is 1. The first kappa shape index (κ1) is 46.4. The van der Waals surface area contributed by atoms with Gasteiger partial charge in [-0.25, -0.2) is 28.1 Å². The van der Waals surface area contributed by atoms with Crippen molar-refractivity contribution in [3.8, 4) is 22.9 Å². The highest BCUT2D eigenvalue weighted by molar-refractivity contribution is 6.24. The van der Waals surface area contributed by atoms with E-state index in [1.165, 1.54) is 42.2 Å². The zero-order valence-corrected chi connectivity index (χ0v) is 36.9. The fourth-order valence-electron chi connectivity index (χ4n) is 7.66. The van der Waals surface area contributed by atoms with Gasteiger partial charge in [0.25, 0.3) is 24.1 Å². The molecular weight excluding hydrogens is 903 g/mol. The lowest BCUT2D eigenvalue weighted by atomic mass is 10.0. The summed E-state index contributed by atoms with van der Waals surface area (Å²) < 4.78 is 53.9. The topological polar surface area (TPSA) is 252 Å². The molecule has 2 aliphatic heterocycles. The van der Waals surface area contributed by atoms with Crippen LogP contribution in [0, 0.1) is 5.92 Å². The Balaban J connectivity index is 0.667. The standard InChI is InChI=1S/C46H46F2N12O9/c47-41(48)40-33(53-42(62)34-26-69-44(54-34)29-12-13-50-37(20-29)51-22-28-4-5-28)24-59(56-40)30-8-6-27(7-9-30)21-49-14-16-66-18-19-67-17-15-58-31(23-52-57-58)25-68-36-3-1-2-32-39(36)46(65)60(45(32)64)35-10-11-38(61)55-43(35)63/h1-3,6-9,12-13,20,23-24,26,28,35,41,49H,4-5,10-11,14-19,21-22,25H2,(H,50,51)(H,53,62)(H,55,61,63). The number of oxazole rings is 1. The van der Waals surface area contributed by atoms with Crippen molar-refractivity contribution in [3.05, 3.63) is 113 Å². The molecule has 3 aliphatic rings. The van der Waals surface area contributed by atoms with E-state index in [0.717, 1.165) is 17.0 Å². The summed E-state index contributed by atoms with van der Waals surface area (Å²) in [5.74, 6) is -1.50. The van der Waals surface area contributed by atoms with Crippen molar-refractivity contribution in [2.75, 3.05) is 50.2 Å². The lowest BCUT2D eigenvalue weighted by Gasteiger charge is -2.27. The summed E-state index contributed by atoms with van der Waals surface area (Å²) in [6.45, 7) is 3.64. The summed E-state index contributed by atoms with van der Waals surface area (Å²) in [6.07, 6.45) is 5.12. The van der Waals surface area contributed by atoms with Crippen LogP contribution < -0.4 is 26.0 Å². The first-order valence-electron chi connectivity index (χ1n) is 22.2. The number of fused-ring (bicyclic) bond motifs is 1. The smallest absolute Gasteiger partial charge is 0.284 e. The van der Waals surface area contributed by atoms with Gasteiger partial charge in [0, 0.05) is 37.8 Å². The molecule has 1 aliphatic carbocycles. The average Bonchev–Trinajstić information content (AvgIpc) is 3.63. The Bertz CT molecular complexity index is 2840. The number of hydrogen-bond acceptors (Lipinski definition) is 16. The number of nitrogens with zero attached hydrogens (tertiary/aromatic N) is 8. The number of hydrogen-bond donors (Lipinski definition) is 4. The maximum atomic E-state index is 14.1. The molecule has 0 bridgehead atoms. The normalized spacial score (nSPS) is 15.8. The van der Waals surface area contributed by atoms with Crippen molar-refractivity contribution in [1.29, 1.82) is 0 Å². The fraction of sp³-hybridized carbons (Fsp3) is 0.348. The molecule has 0 radical (unpaired) electrons. The van der Waals surface area contributed by atoms with Crippen molar-refractivity contribution in [2.24, 2.45) is 5.92 Å². The number of anilines is 2. The summed E-state index contributed by atoms with van der Waals surface area (Å²) in [4.78, 5) is 73.2. The number of ether oxygens (including phenoxy) is 3. The summed E-state index contributed by atoms with van der Waals surface area (Å²) in [7, 11) is 0. The number of carbonyl (C=O) groups is 5. The molecule has 21 nitrogen and oxygen atoms in total. The van der Waals surface area contributed by atoms with E-state index in [1.807, 2.05) is 12.1 Å². The van der Waals surface area contributed by atoms with E-state index < -0.39 is 47.7 Å². The first-order chi connectivity index (χ1) is 33.6. The Labute approximate surface area is 391 Å². The molecular formula is C46H46F2N12O9. The molecule has 69 heavy (non-hydrogen) atoms. The Morgan fingerprint density at radius 3 is 2.59 bits per heavy atom. The van der Waals surface area contributed by atoms with Crippen LogP contribution in [0.25, 0.3) is 17.1 Å². The van der Waals surface area contributed by atoms with Crippen molar-refractivity contribution in [3.63, 3.8) is 0 Å². The van der Waals surface area contributed by atoms with Crippen molar-refractivity contribution < 1.29 is 51.4 Å². The number of alkyl halides is 2. The second-order valence-electron chi connectivity index (χ2n) is 16.4. The van der Waals surface area contributed by atoms with Crippen LogP contribution in [0.4, 0.5) is 20.3 Å². The predicted octanol–water partition coefficient (Wildman–Crippen LogP) is 4.33. The Morgan fingerprint density at radius 2 is 1.80 bits per heavy atom. The SMILES string of the molecule is O=C1CCC(N2C(=O)c3cccc(OCc4cnnn4CCOCCOCCNCc4ccc(-n5cc(NC(=O)c6coc(-c7ccnc(NCC8CC8)c7)n6)c(C(F)F)n5)cc4)c3C2=O)C(=O)N1. The fourth-order valence-corrected chi connectivity index (χ4v) is 7.66. The third-order valence-corrected chi connectivity index (χ3v) is 11.5. The lowest BCUT2D eigenvalue weighted by Crippen LogP contribution is -2.54. The number of benzene rings is 2. The molecule has 6 aromatic rings. The van der Waals surface area contributed by atoms with Crippen molar-refractivity contribution >= 4 is 41.0 Å². The van der Waals surface area contributed by atoms with Gasteiger partial charge in [0.15, 0.2) is 11.4 Å². The van der Waals surface area contributed by atoms with Gasteiger partial charge in [0.05, 0.1) is 73.6 Å². The van der Waals surface area contributed by atoms with Gasteiger partial charge in [-0.1, -0.05) is 23.4 Å². The van der Waals surface area contributed by atoms with Crippen molar-refractivity contribution in [1.82, 2.24) is 50.3 Å². The molecule has 4 aromatic heterocycles. The molecule has 9 rings (SSSR count). The molecule has 1 unspecified atom stereocenters. The van der Waals surface area contributed by atoms with Gasteiger partial charge in [0.1, 0.15) is 30.5 Å². The highest BCUT2D eigenvalue weighted by Crippen LogP contribution is 2.34. The summed E-state index contributed by atoms with van der Waals surface area (Å²) in [5.41, 5.74) is 1.98. The largest absolute Gasteiger partial charge is 0.486 e. The number of rotatable bonds is 23. The molecule has 358 valence electrons. The second-order valence-corrected chi connectivity index (χ2v) is 16.4. The van der Waals surface area contributed by atoms with Crippen LogP contribution in [0.15, 0.2) is 83.9 Å². The molecule has 1 saturated heterocycles. The third kappa shape index (κ3) is 11.0. The van der Waals surface area contributed by atoms with Crippen LogP contribution in [0.3, 0.4) is 0 Å². The molecule has 1 saturated carbocycles. The van der Waals surface area contributed by atoms with Gasteiger partial charge in [-0.05, 0) is 67.1 Å². The van der Waals surface area contributed by atoms with Crippen LogP contribution in [0.5, 0.6) is 5.75 Å². The zero-order valence-electron chi connectivity index (χ0n) is 36.9. The van der Waals surface area contributed by atoms with Gasteiger partial charge in [0.2, 0.25) is 17.7 Å². The summed E-state index contributed by atoms with van der Waals surface area (Å²) in [6, 6.07) is 14.2. The summed E-state index contributed by atoms with van der Waals surface area (Å²) in [5, 5.41) is 23.3. The monoisotopic (exact) mass is 948 g/mol. The van der Waals surface area contributed by atoms with Gasteiger partial charge >= 0.3 is 0 Å². The lowest BCUT2D eigenvalue weighted by molar-refractivity contribution is -0.136. The van der Waals surface area contributed by atoms with Gasteiger partial charge in [-0.2, -0.15) is 5.10 Å². The van der Waals surface area contributed by atoms with E-state index >= 15 is 0 Å². The average molecular weight is 949 g/mol. The number of carbonyl (C=O) groups excluding carboxylic acids is 5. The maximum absolute atomic E-state index is 14.1. The van der Waals surface area contributed by atoms with Crippen LogP contribution in [0.1, 0.15) is 80.3 Å². The van der Waals surface area contributed by atoms with E-state index in [4.69, 9.17) is 18.6 Å². The molecule has 23 heteroatoms. The minimum Gasteiger partial charge on any atom is -0.486 e. The van der Waals surface area contributed by atoms with Crippen LogP contribution in [-0.2, 0) is 38.8 Å². The predicted molar refractivity (Wildman–Crippen MR) is 238 cm³/mol. The molecule has 0 spiro atoms. The number of amides is 5. The van der Waals surface area contributed by atoms with Crippen LogP contribution in [-0.4, -0.2) is 115 Å². The van der Waals surface area contributed by atoms with Gasteiger partial charge in [-0.3, -0.25) is 34.2 Å². The Kier molecular flexibility index (Phi) is 14.1. The molecule has 2 fully saturated rings. The van der Waals surface area contributed by atoms with Crippen molar-refractivity contribution in [2.45, 2.75) is 57.8 Å². The Morgan fingerprint density at radius 1 is 0.971 bits per heavy atom. The minimum absolute atomic E-state index is 0.0147. The van der Waals surface area contributed by atoms with E-state index in [2.05, 4.69) is 46.6 Å². The quantitative estimate of drug-likeness (QED) is 0.0515. The maximum Gasteiger partial charge on any atom is 0.284 e. The number of aromatic nitrogens is 7. The van der Waals surface area contributed by atoms with E-state index in [9.17, 15) is 32.8 Å². The number of imide groups is 2. The first-order valence-corrected chi connectivity index (χ1v) is 22.2. The molecule has 1 atom stereocenters.